The van der Waals surface area contributed by atoms with Crippen LogP contribution in [-0.4, -0.2) is 60.1 Å². The molecule has 1 aliphatic rings. The van der Waals surface area contributed by atoms with Crippen molar-refractivity contribution in [3.8, 4) is 0 Å². The Bertz CT molecular complexity index is 1630. The highest BCUT2D eigenvalue weighted by Crippen LogP contribution is 2.32. The van der Waals surface area contributed by atoms with E-state index in [1.165, 1.54) is 28.6 Å². The summed E-state index contributed by atoms with van der Waals surface area (Å²) < 4.78 is 53.0. The van der Waals surface area contributed by atoms with Gasteiger partial charge in [-0.1, -0.05) is 6.07 Å². The summed E-state index contributed by atoms with van der Waals surface area (Å²) in [7, 11) is -7.12. The summed E-state index contributed by atoms with van der Waals surface area (Å²) in [5.41, 5.74) is 3.68. The second-order valence-electron chi connectivity index (χ2n) is 9.27. The minimum atomic E-state index is -3.72. The molecule has 1 saturated heterocycles. The third kappa shape index (κ3) is 5.22. The summed E-state index contributed by atoms with van der Waals surface area (Å²) in [4.78, 5) is 9.22. The third-order valence-corrected chi connectivity index (χ3v) is 9.67. The minimum absolute atomic E-state index is 0.0923. The molecular formula is C25H28N6O4S2. The molecule has 3 aromatic heterocycles. The molecule has 1 fully saturated rings. The Labute approximate surface area is 216 Å². The number of benzene rings is 1. The Kier molecular flexibility index (Phi) is 6.73. The largest absolute Gasteiger partial charge is 0.366 e. The predicted molar refractivity (Wildman–Crippen MR) is 140 cm³/mol. The highest BCUT2D eigenvalue weighted by molar-refractivity contribution is 7.90. The smallest absolute Gasteiger partial charge is 0.243 e. The number of aromatic nitrogens is 4. The van der Waals surface area contributed by atoms with Crippen molar-refractivity contribution in [2.75, 3.05) is 24.7 Å². The molecule has 194 valence electrons. The van der Waals surface area contributed by atoms with E-state index in [2.05, 4.69) is 15.4 Å². The summed E-state index contributed by atoms with van der Waals surface area (Å²) >= 11 is 0. The lowest BCUT2D eigenvalue weighted by molar-refractivity contribution is 0.317. The van der Waals surface area contributed by atoms with E-state index in [-0.39, 0.29) is 15.7 Å². The van der Waals surface area contributed by atoms with Crippen LogP contribution in [0.2, 0.25) is 0 Å². The first-order chi connectivity index (χ1) is 17.6. The topological polar surface area (TPSA) is 127 Å². The van der Waals surface area contributed by atoms with Crippen LogP contribution in [0.1, 0.15) is 35.6 Å². The van der Waals surface area contributed by atoms with Crippen LogP contribution in [0.5, 0.6) is 0 Å². The van der Waals surface area contributed by atoms with E-state index < -0.39 is 19.9 Å². The molecule has 12 heteroatoms. The summed E-state index contributed by atoms with van der Waals surface area (Å²) in [6.07, 6.45) is 7.67. The Balaban J connectivity index is 1.33. The van der Waals surface area contributed by atoms with Gasteiger partial charge in [-0.25, -0.2) is 21.8 Å². The van der Waals surface area contributed by atoms with Gasteiger partial charge in [0.05, 0.1) is 16.0 Å². The average Bonchev–Trinajstić information content (AvgIpc) is 3.28. The lowest BCUT2D eigenvalue weighted by Gasteiger charge is -2.31. The molecule has 4 heterocycles. The fourth-order valence-corrected chi connectivity index (χ4v) is 6.62. The number of rotatable bonds is 7. The van der Waals surface area contributed by atoms with Gasteiger partial charge in [0, 0.05) is 61.5 Å². The zero-order chi connectivity index (χ0) is 26.2. The number of anilines is 1. The van der Waals surface area contributed by atoms with Crippen molar-refractivity contribution in [3.05, 3.63) is 77.9 Å². The SMILES string of the molecule is Cc1cnn2c(NCc3cccnc3)cc(C3CCN(S(=O)(=O)c4ccc(S(C)(=O)=O)cc4)CC3)nc12. The predicted octanol–water partition coefficient (Wildman–Crippen LogP) is 3.02. The number of fused-ring (bicyclic) bond motifs is 1. The normalized spacial score (nSPS) is 15.7. The number of hydrogen-bond donors (Lipinski definition) is 1. The fourth-order valence-electron chi connectivity index (χ4n) is 4.52. The monoisotopic (exact) mass is 540 g/mol. The van der Waals surface area contributed by atoms with Gasteiger partial charge >= 0.3 is 0 Å². The first kappa shape index (κ1) is 25.3. The van der Waals surface area contributed by atoms with Crippen LogP contribution in [0.4, 0.5) is 5.82 Å². The van der Waals surface area contributed by atoms with Crippen LogP contribution in [0.3, 0.4) is 0 Å². The summed E-state index contributed by atoms with van der Waals surface area (Å²) in [5, 5.41) is 7.90. The van der Waals surface area contributed by atoms with Crippen molar-refractivity contribution < 1.29 is 16.8 Å². The molecule has 5 rings (SSSR count). The number of hydrogen-bond acceptors (Lipinski definition) is 8. The Morgan fingerprint density at radius 2 is 1.70 bits per heavy atom. The lowest BCUT2D eigenvalue weighted by atomic mass is 9.94. The van der Waals surface area contributed by atoms with Crippen molar-refractivity contribution in [2.45, 2.75) is 42.0 Å². The zero-order valence-corrected chi connectivity index (χ0v) is 22.2. The maximum absolute atomic E-state index is 13.2. The zero-order valence-electron chi connectivity index (χ0n) is 20.6. The summed E-state index contributed by atoms with van der Waals surface area (Å²) in [5.74, 6) is 0.912. The number of pyridine rings is 1. The van der Waals surface area contributed by atoms with Crippen LogP contribution in [-0.2, 0) is 26.4 Å². The van der Waals surface area contributed by atoms with E-state index >= 15 is 0 Å². The number of nitrogens with one attached hydrogen (secondary N) is 1. The number of aryl methyl sites for hydroxylation is 1. The van der Waals surface area contributed by atoms with Gasteiger partial charge in [0.1, 0.15) is 5.82 Å². The number of sulfone groups is 1. The van der Waals surface area contributed by atoms with Crippen LogP contribution in [0.25, 0.3) is 5.65 Å². The fraction of sp³-hybridized carbons (Fsp3) is 0.320. The molecule has 4 aromatic rings. The van der Waals surface area contributed by atoms with Gasteiger partial charge in [-0.2, -0.15) is 13.9 Å². The van der Waals surface area contributed by atoms with Gasteiger partial charge in [0.2, 0.25) is 10.0 Å². The highest BCUT2D eigenvalue weighted by atomic mass is 32.2. The molecule has 0 saturated carbocycles. The van der Waals surface area contributed by atoms with Crippen LogP contribution >= 0.6 is 0 Å². The van der Waals surface area contributed by atoms with Gasteiger partial charge in [0.15, 0.2) is 15.5 Å². The van der Waals surface area contributed by atoms with Gasteiger partial charge < -0.3 is 5.32 Å². The van der Waals surface area contributed by atoms with Crippen molar-refractivity contribution in [2.24, 2.45) is 0 Å². The van der Waals surface area contributed by atoms with E-state index in [9.17, 15) is 16.8 Å². The minimum Gasteiger partial charge on any atom is -0.366 e. The van der Waals surface area contributed by atoms with E-state index in [0.717, 1.165) is 34.5 Å². The molecule has 0 atom stereocenters. The van der Waals surface area contributed by atoms with E-state index in [1.807, 2.05) is 31.3 Å². The van der Waals surface area contributed by atoms with Crippen molar-refractivity contribution in [1.82, 2.24) is 23.9 Å². The quantitative estimate of drug-likeness (QED) is 0.379. The van der Waals surface area contributed by atoms with E-state index in [1.54, 1.807) is 16.9 Å². The first-order valence-corrected chi connectivity index (χ1v) is 15.2. The highest BCUT2D eigenvalue weighted by Gasteiger charge is 2.31. The van der Waals surface area contributed by atoms with Crippen LogP contribution in [0.15, 0.2) is 70.8 Å². The van der Waals surface area contributed by atoms with Gasteiger partial charge in [-0.05, 0) is 55.7 Å². The molecule has 0 radical (unpaired) electrons. The summed E-state index contributed by atoms with van der Waals surface area (Å²) in [6.45, 7) is 3.25. The maximum atomic E-state index is 13.2. The van der Waals surface area contributed by atoms with E-state index in [4.69, 9.17) is 4.98 Å². The molecule has 1 N–H and O–H groups in total. The number of nitrogens with zero attached hydrogens (tertiary/aromatic N) is 5. The third-order valence-electron chi connectivity index (χ3n) is 6.63. The molecule has 0 bridgehead atoms. The van der Waals surface area contributed by atoms with Gasteiger partial charge in [-0.15, -0.1) is 0 Å². The molecule has 1 aromatic carbocycles. The molecular weight excluding hydrogens is 512 g/mol. The molecule has 0 aliphatic carbocycles. The standard InChI is InChI=1S/C25H28N6O4S2/c1-18-15-28-31-24(27-17-19-4-3-11-26-16-19)14-23(29-25(18)31)20-9-12-30(13-10-20)37(34,35)22-7-5-21(6-8-22)36(2,32)33/h3-8,11,14-16,20,27H,9-10,12-13,17H2,1-2H3. The second-order valence-corrected chi connectivity index (χ2v) is 13.2. The van der Waals surface area contributed by atoms with Crippen molar-refractivity contribution in [3.63, 3.8) is 0 Å². The lowest BCUT2D eigenvalue weighted by Crippen LogP contribution is -2.38. The number of piperidine rings is 1. The Hall–Kier alpha value is -3.35. The maximum Gasteiger partial charge on any atom is 0.243 e. The Morgan fingerprint density at radius 3 is 2.35 bits per heavy atom. The number of sulfonamides is 1. The molecule has 0 amide bonds. The molecule has 37 heavy (non-hydrogen) atoms. The van der Waals surface area contributed by atoms with Gasteiger partial charge in [0.25, 0.3) is 0 Å². The molecule has 1 aliphatic heterocycles. The average molecular weight is 541 g/mol. The van der Waals surface area contributed by atoms with Gasteiger partial charge in [-0.3, -0.25) is 4.98 Å². The van der Waals surface area contributed by atoms with Crippen LogP contribution < -0.4 is 5.32 Å². The Morgan fingerprint density at radius 1 is 1.00 bits per heavy atom. The second kappa shape index (κ2) is 9.84. The summed E-state index contributed by atoms with van der Waals surface area (Å²) in [6, 6.07) is 11.3. The molecule has 10 nitrogen and oxygen atoms in total. The van der Waals surface area contributed by atoms with Crippen molar-refractivity contribution >= 4 is 31.3 Å². The molecule has 0 unspecified atom stereocenters. The van der Waals surface area contributed by atoms with Crippen LogP contribution in [0, 0.1) is 6.92 Å². The molecule has 0 spiro atoms. The van der Waals surface area contributed by atoms with E-state index in [0.29, 0.717) is 32.5 Å². The van der Waals surface area contributed by atoms with Crippen molar-refractivity contribution in [1.29, 1.82) is 0 Å². The first-order valence-electron chi connectivity index (χ1n) is 11.9.